The molecule has 5 nitrogen and oxygen atoms in total. The highest BCUT2D eigenvalue weighted by atomic mass is 16.5. The number of nitrogen functional groups attached to an aromatic ring is 1. The van der Waals surface area contributed by atoms with E-state index in [4.69, 9.17) is 10.5 Å². The zero-order valence-corrected chi connectivity index (χ0v) is 18.3. The molecule has 1 aliphatic rings. The normalized spacial score (nSPS) is 13.6. The summed E-state index contributed by atoms with van der Waals surface area (Å²) in [6, 6.07) is 24.8. The lowest BCUT2D eigenvalue weighted by atomic mass is 9.84. The van der Waals surface area contributed by atoms with Gasteiger partial charge in [-0.25, -0.2) is 4.90 Å². The Morgan fingerprint density at radius 2 is 1.35 bits per heavy atom. The van der Waals surface area contributed by atoms with Gasteiger partial charge < -0.3 is 10.5 Å². The number of imide groups is 1. The van der Waals surface area contributed by atoms with E-state index in [9.17, 15) is 9.59 Å². The van der Waals surface area contributed by atoms with Gasteiger partial charge in [0, 0.05) is 27.4 Å². The van der Waals surface area contributed by atoms with E-state index >= 15 is 0 Å². The highest BCUT2D eigenvalue weighted by Gasteiger charge is 2.36. The van der Waals surface area contributed by atoms with Gasteiger partial charge >= 0.3 is 0 Å². The number of ether oxygens (including phenoxy) is 1. The van der Waals surface area contributed by atoms with Crippen molar-refractivity contribution in [2.24, 2.45) is 0 Å². The fourth-order valence-electron chi connectivity index (χ4n) is 5.52. The number of anilines is 2. The van der Waals surface area contributed by atoms with Crippen LogP contribution in [0.3, 0.4) is 0 Å². The number of nitrogens with two attached hydrogens (primary N) is 1. The van der Waals surface area contributed by atoms with Crippen molar-refractivity contribution in [3.05, 3.63) is 90.0 Å². The van der Waals surface area contributed by atoms with Crippen molar-refractivity contribution in [3.63, 3.8) is 0 Å². The summed E-state index contributed by atoms with van der Waals surface area (Å²) < 4.78 is 5.22. The number of carbonyl (C=O) groups is 2. The van der Waals surface area contributed by atoms with Crippen molar-refractivity contribution in [2.75, 3.05) is 17.7 Å². The molecule has 6 aromatic carbocycles. The molecule has 0 spiro atoms. The monoisotopic (exact) mass is 442 g/mol. The van der Waals surface area contributed by atoms with Gasteiger partial charge in [0.05, 0.1) is 18.4 Å². The zero-order chi connectivity index (χ0) is 23.1. The second-order valence-corrected chi connectivity index (χ2v) is 8.65. The van der Waals surface area contributed by atoms with Gasteiger partial charge in [0.2, 0.25) is 0 Å². The van der Waals surface area contributed by atoms with Crippen molar-refractivity contribution < 1.29 is 14.3 Å². The van der Waals surface area contributed by atoms with Crippen LogP contribution in [-0.2, 0) is 0 Å². The number of hydrogen-bond donors (Lipinski definition) is 1. The Balaban J connectivity index is 1.61. The minimum Gasteiger partial charge on any atom is -0.497 e. The van der Waals surface area contributed by atoms with Crippen LogP contribution in [0.4, 0.5) is 11.4 Å². The van der Waals surface area contributed by atoms with E-state index in [1.165, 1.54) is 4.90 Å². The first-order chi connectivity index (χ1) is 16.6. The molecular formula is C29H18N2O3. The molecule has 2 N–H and O–H groups in total. The van der Waals surface area contributed by atoms with Crippen LogP contribution in [0.25, 0.3) is 43.1 Å². The van der Waals surface area contributed by atoms with Crippen molar-refractivity contribution >= 4 is 66.3 Å². The Morgan fingerprint density at radius 1 is 0.676 bits per heavy atom. The van der Waals surface area contributed by atoms with Crippen LogP contribution in [0.5, 0.6) is 5.75 Å². The fourth-order valence-corrected chi connectivity index (χ4v) is 5.52. The molecule has 0 saturated heterocycles. The Morgan fingerprint density at radius 3 is 2.09 bits per heavy atom. The molecule has 6 aromatic rings. The van der Waals surface area contributed by atoms with Crippen molar-refractivity contribution in [2.45, 2.75) is 0 Å². The topological polar surface area (TPSA) is 72.6 Å². The molecule has 0 atom stereocenters. The quantitative estimate of drug-likeness (QED) is 0.152. The number of rotatable bonds is 2. The maximum atomic E-state index is 13.7. The Labute approximate surface area is 194 Å². The molecule has 0 aromatic heterocycles. The number of fused-ring (bicyclic) bond motifs is 2. The second kappa shape index (κ2) is 6.45. The van der Waals surface area contributed by atoms with Crippen LogP contribution in [0, 0.1) is 0 Å². The third kappa shape index (κ3) is 2.23. The number of nitrogens with zero attached hydrogens (tertiary/aromatic N) is 1. The lowest BCUT2D eigenvalue weighted by Gasteiger charge is -2.29. The summed E-state index contributed by atoms with van der Waals surface area (Å²) in [5.41, 5.74) is 8.58. The number of methoxy groups -OCH3 is 1. The van der Waals surface area contributed by atoms with E-state index in [0.29, 0.717) is 33.6 Å². The first-order valence-electron chi connectivity index (χ1n) is 11.0. The number of carbonyl (C=O) groups excluding carboxylic acids is 2. The molecule has 5 heteroatoms. The maximum Gasteiger partial charge on any atom is 0.266 e. The van der Waals surface area contributed by atoms with Gasteiger partial charge in [-0.15, -0.1) is 0 Å². The lowest BCUT2D eigenvalue weighted by Crippen LogP contribution is -2.40. The van der Waals surface area contributed by atoms with Gasteiger partial charge in [0.25, 0.3) is 11.8 Å². The molecule has 1 heterocycles. The second-order valence-electron chi connectivity index (χ2n) is 8.65. The first kappa shape index (κ1) is 18.9. The van der Waals surface area contributed by atoms with Crippen LogP contribution < -0.4 is 15.4 Å². The molecule has 0 fully saturated rings. The predicted octanol–water partition coefficient (Wildman–Crippen LogP) is 6.13. The molecule has 162 valence electrons. The van der Waals surface area contributed by atoms with Gasteiger partial charge in [-0.05, 0) is 63.3 Å². The van der Waals surface area contributed by atoms with E-state index in [2.05, 4.69) is 24.3 Å². The summed E-state index contributed by atoms with van der Waals surface area (Å²) in [5.74, 6) is -0.0752. The van der Waals surface area contributed by atoms with Crippen LogP contribution in [-0.4, -0.2) is 18.9 Å². The van der Waals surface area contributed by atoms with E-state index in [0.717, 1.165) is 37.7 Å². The number of benzene rings is 6. The summed E-state index contributed by atoms with van der Waals surface area (Å²) in [6.07, 6.45) is 0. The minimum absolute atomic E-state index is 0.345. The van der Waals surface area contributed by atoms with E-state index in [-0.39, 0.29) is 11.8 Å². The van der Waals surface area contributed by atoms with Crippen LogP contribution in [0.1, 0.15) is 20.7 Å². The standard InChI is InChI=1S/C29H18N2O3/c1-34-17-10-8-16(9-11-17)31-28(32)21-13-12-19-18-6-2-4-15-5-3-7-20(24(15)18)26-23(30)14-22(29(31)33)25(21)27(19)26/h2-14H,30H2,1H3. The first-order valence-corrected chi connectivity index (χ1v) is 11.0. The van der Waals surface area contributed by atoms with Crippen molar-refractivity contribution in [1.29, 1.82) is 0 Å². The molecular weight excluding hydrogens is 424 g/mol. The molecule has 34 heavy (non-hydrogen) atoms. The zero-order valence-electron chi connectivity index (χ0n) is 18.3. The van der Waals surface area contributed by atoms with E-state index in [1.807, 2.05) is 24.3 Å². The average Bonchev–Trinajstić information content (AvgIpc) is 2.87. The molecule has 0 unspecified atom stereocenters. The summed E-state index contributed by atoms with van der Waals surface area (Å²) in [4.78, 5) is 28.6. The number of hydrogen-bond acceptors (Lipinski definition) is 4. The molecule has 0 saturated carbocycles. The molecule has 0 radical (unpaired) electrons. The molecule has 0 bridgehead atoms. The largest absolute Gasteiger partial charge is 0.497 e. The van der Waals surface area contributed by atoms with Crippen LogP contribution in [0.2, 0.25) is 0 Å². The van der Waals surface area contributed by atoms with E-state index in [1.54, 1.807) is 37.4 Å². The lowest BCUT2D eigenvalue weighted by molar-refractivity contribution is 0.0893. The van der Waals surface area contributed by atoms with Gasteiger partial charge in [0.1, 0.15) is 5.75 Å². The Kier molecular flexibility index (Phi) is 3.58. The number of amides is 2. The summed E-state index contributed by atoms with van der Waals surface area (Å²) in [6.45, 7) is 0. The maximum absolute atomic E-state index is 13.7. The van der Waals surface area contributed by atoms with Gasteiger partial charge in [-0.3, -0.25) is 9.59 Å². The third-order valence-corrected chi connectivity index (χ3v) is 6.98. The van der Waals surface area contributed by atoms with E-state index < -0.39 is 0 Å². The highest BCUT2D eigenvalue weighted by molar-refractivity contribution is 6.43. The average molecular weight is 442 g/mol. The van der Waals surface area contributed by atoms with Gasteiger partial charge in [0.15, 0.2) is 0 Å². The smallest absolute Gasteiger partial charge is 0.266 e. The SMILES string of the molecule is COc1ccc(N2C(=O)c3ccc4c5cccc6cccc(c7c(N)cc(c3c47)C2=O)c65)cc1. The Hall–Kier alpha value is -4.64. The predicted molar refractivity (Wildman–Crippen MR) is 136 cm³/mol. The van der Waals surface area contributed by atoms with Crippen molar-refractivity contribution in [3.8, 4) is 5.75 Å². The summed E-state index contributed by atoms with van der Waals surface area (Å²) >= 11 is 0. The fraction of sp³-hybridized carbons (Fsp3) is 0.0345. The summed E-state index contributed by atoms with van der Waals surface area (Å²) in [7, 11) is 1.57. The molecule has 2 amide bonds. The molecule has 1 aliphatic heterocycles. The molecule has 0 aliphatic carbocycles. The van der Waals surface area contributed by atoms with Crippen LogP contribution in [0.15, 0.2) is 78.9 Å². The highest BCUT2D eigenvalue weighted by Crippen LogP contribution is 2.46. The minimum atomic E-state index is -0.380. The van der Waals surface area contributed by atoms with Gasteiger partial charge in [-0.1, -0.05) is 42.5 Å². The van der Waals surface area contributed by atoms with Gasteiger partial charge in [-0.2, -0.15) is 0 Å². The Bertz CT molecular complexity index is 1830. The third-order valence-electron chi connectivity index (χ3n) is 6.98. The summed E-state index contributed by atoms with van der Waals surface area (Å²) in [5, 5.41) is 7.80. The van der Waals surface area contributed by atoms with Crippen molar-refractivity contribution in [1.82, 2.24) is 0 Å². The molecule has 7 rings (SSSR count). The van der Waals surface area contributed by atoms with Crippen LogP contribution >= 0.6 is 0 Å².